The molecule has 2 aromatic heterocycles. The topological polar surface area (TPSA) is 53.7 Å². The summed E-state index contributed by atoms with van der Waals surface area (Å²) in [6.45, 7) is 4.53. The third-order valence-electron chi connectivity index (χ3n) is 5.03. The first kappa shape index (κ1) is 14.6. The second-order valence-corrected chi connectivity index (χ2v) is 6.71. The molecule has 0 spiro atoms. The van der Waals surface area contributed by atoms with Crippen LogP contribution < -0.4 is 0 Å². The molecule has 23 heavy (non-hydrogen) atoms. The summed E-state index contributed by atoms with van der Waals surface area (Å²) in [6, 6.07) is 2.89. The molecule has 1 aliphatic heterocycles. The lowest BCUT2D eigenvalue weighted by Gasteiger charge is -2.30. The third-order valence-corrected chi connectivity index (χ3v) is 5.03. The van der Waals surface area contributed by atoms with Crippen LogP contribution in [-0.2, 0) is 11.3 Å². The van der Waals surface area contributed by atoms with E-state index in [9.17, 15) is 4.79 Å². The van der Waals surface area contributed by atoms with E-state index in [4.69, 9.17) is 0 Å². The number of hydrogen-bond donors (Lipinski definition) is 0. The van der Waals surface area contributed by atoms with Gasteiger partial charge in [0.25, 0.3) is 0 Å². The number of carbonyl (C=O) groups is 1. The quantitative estimate of drug-likeness (QED) is 0.843. The molecule has 2 aliphatic rings. The molecule has 2 aromatic rings. The van der Waals surface area contributed by atoms with E-state index >= 15 is 0 Å². The van der Waals surface area contributed by atoms with Gasteiger partial charge in [0, 0.05) is 44.5 Å². The number of nitrogens with zero attached hydrogens (tertiary/aromatic N) is 5. The molecule has 0 aromatic carbocycles. The number of likely N-dealkylation sites (tertiary alicyclic amines) is 1. The van der Waals surface area contributed by atoms with E-state index in [1.165, 1.54) is 31.4 Å². The van der Waals surface area contributed by atoms with E-state index in [2.05, 4.69) is 24.2 Å². The zero-order valence-corrected chi connectivity index (χ0v) is 13.6. The highest BCUT2D eigenvalue weighted by Crippen LogP contribution is 2.29. The minimum atomic E-state index is 0.221. The van der Waals surface area contributed by atoms with E-state index in [1.54, 1.807) is 13.1 Å². The number of carbonyl (C=O) groups excluding carboxylic acids is 1. The molecule has 0 N–H and O–H groups in total. The third kappa shape index (κ3) is 2.95. The van der Waals surface area contributed by atoms with Crippen LogP contribution in [0, 0.1) is 0 Å². The van der Waals surface area contributed by atoms with E-state index in [-0.39, 0.29) is 5.91 Å². The molecule has 0 radical (unpaired) electrons. The Labute approximate surface area is 136 Å². The summed E-state index contributed by atoms with van der Waals surface area (Å²) in [4.78, 5) is 25.1. The van der Waals surface area contributed by atoms with Crippen molar-refractivity contribution in [3.63, 3.8) is 0 Å². The van der Waals surface area contributed by atoms with Gasteiger partial charge in [-0.2, -0.15) is 0 Å². The van der Waals surface area contributed by atoms with Crippen molar-refractivity contribution in [1.82, 2.24) is 24.2 Å². The second kappa shape index (κ2) is 5.92. The predicted molar refractivity (Wildman–Crippen MR) is 86.8 cm³/mol. The Hall–Kier alpha value is -1.95. The Balaban J connectivity index is 1.48. The average molecular weight is 313 g/mol. The second-order valence-electron chi connectivity index (χ2n) is 6.71. The lowest BCUT2D eigenvalue weighted by molar-refractivity contribution is -0.130. The minimum Gasteiger partial charge on any atom is -0.338 e. The molecule has 6 nitrogen and oxygen atoms in total. The Kier molecular flexibility index (Phi) is 3.77. The lowest BCUT2D eigenvalue weighted by atomic mass is 10.2. The first-order valence-corrected chi connectivity index (χ1v) is 8.50. The Morgan fingerprint density at radius 3 is 3.00 bits per heavy atom. The van der Waals surface area contributed by atoms with Crippen molar-refractivity contribution < 1.29 is 4.79 Å². The van der Waals surface area contributed by atoms with Gasteiger partial charge in [-0.3, -0.25) is 14.1 Å². The maximum atomic E-state index is 11.9. The zero-order chi connectivity index (χ0) is 15.8. The van der Waals surface area contributed by atoms with Crippen LogP contribution in [0.2, 0.25) is 0 Å². The fraction of sp³-hybridized carbons (Fsp3) is 0.588. The summed E-state index contributed by atoms with van der Waals surface area (Å²) in [7, 11) is 0. The van der Waals surface area contributed by atoms with Crippen LogP contribution in [0.15, 0.2) is 24.7 Å². The predicted octanol–water partition coefficient (Wildman–Crippen LogP) is 1.70. The van der Waals surface area contributed by atoms with Gasteiger partial charge in [0.1, 0.15) is 0 Å². The first-order valence-electron chi connectivity index (χ1n) is 8.50. The first-order chi connectivity index (χ1) is 11.2. The average Bonchev–Trinajstić information content (AvgIpc) is 3.16. The van der Waals surface area contributed by atoms with Gasteiger partial charge >= 0.3 is 0 Å². The monoisotopic (exact) mass is 313 g/mol. The molecule has 1 saturated carbocycles. The van der Waals surface area contributed by atoms with Gasteiger partial charge < -0.3 is 4.90 Å². The van der Waals surface area contributed by atoms with Crippen LogP contribution in [0.25, 0.3) is 5.78 Å². The maximum Gasteiger partial charge on any atom is 0.233 e. The molecule has 3 heterocycles. The van der Waals surface area contributed by atoms with Crippen LogP contribution in [0.4, 0.5) is 0 Å². The van der Waals surface area contributed by atoms with Crippen LogP contribution >= 0.6 is 0 Å². The van der Waals surface area contributed by atoms with E-state index in [0.717, 1.165) is 25.4 Å². The molecule has 6 heteroatoms. The van der Waals surface area contributed by atoms with E-state index < -0.39 is 0 Å². The molecule has 2 fully saturated rings. The largest absolute Gasteiger partial charge is 0.338 e. The van der Waals surface area contributed by atoms with E-state index in [1.807, 2.05) is 18.5 Å². The standard InChI is InChI=1S/C17H23N5O/c1-13(23)22(14-5-6-14)12-15-4-2-8-20(15)11-16-10-19-17-18-7-3-9-21(16)17/h3,7,9-10,14-15H,2,4-6,8,11-12H2,1H3. The summed E-state index contributed by atoms with van der Waals surface area (Å²) >= 11 is 0. The molecule has 122 valence electrons. The number of rotatable bonds is 5. The van der Waals surface area contributed by atoms with Crippen LogP contribution in [0.5, 0.6) is 0 Å². The summed E-state index contributed by atoms with van der Waals surface area (Å²) in [5.74, 6) is 0.972. The molecule has 1 aliphatic carbocycles. The molecule has 1 saturated heterocycles. The summed E-state index contributed by atoms with van der Waals surface area (Å²) in [5, 5.41) is 0. The number of aromatic nitrogens is 3. The summed E-state index contributed by atoms with van der Waals surface area (Å²) in [5.41, 5.74) is 1.17. The van der Waals surface area contributed by atoms with Crippen molar-refractivity contribution in [3.8, 4) is 0 Å². The van der Waals surface area contributed by atoms with Crippen molar-refractivity contribution in [3.05, 3.63) is 30.4 Å². The lowest BCUT2D eigenvalue weighted by Crippen LogP contribution is -2.43. The fourth-order valence-corrected chi connectivity index (χ4v) is 3.66. The van der Waals surface area contributed by atoms with Crippen molar-refractivity contribution in [1.29, 1.82) is 0 Å². The van der Waals surface area contributed by atoms with Gasteiger partial charge in [-0.15, -0.1) is 0 Å². The summed E-state index contributed by atoms with van der Waals surface area (Å²) < 4.78 is 2.05. The van der Waals surface area contributed by atoms with Crippen molar-refractivity contribution in [2.45, 2.75) is 51.2 Å². The number of hydrogen-bond acceptors (Lipinski definition) is 4. The Morgan fingerprint density at radius 2 is 2.22 bits per heavy atom. The van der Waals surface area contributed by atoms with Gasteiger partial charge in [0.2, 0.25) is 11.7 Å². The number of fused-ring (bicyclic) bond motifs is 1. The fourth-order valence-electron chi connectivity index (χ4n) is 3.66. The van der Waals surface area contributed by atoms with Crippen LogP contribution in [0.3, 0.4) is 0 Å². The molecular formula is C17H23N5O. The number of imidazole rings is 1. The van der Waals surface area contributed by atoms with Crippen LogP contribution in [0.1, 0.15) is 38.3 Å². The molecule has 4 rings (SSSR count). The maximum absolute atomic E-state index is 11.9. The van der Waals surface area contributed by atoms with Gasteiger partial charge in [-0.05, 0) is 38.3 Å². The minimum absolute atomic E-state index is 0.221. The van der Waals surface area contributed by atoms with Gasteiger partial charge in [-0.1, -0.05) is 0 Å². The van der Waals surface area contributed by atoms with Crippen molar-refractivity contribution in [2.75, 3.05) is 13.1 Å². The highest BCUT2D eigenvalue weighted by molar-refractivity contribution is 5.74. The Bertz CT molecular complexity index is 708. The molecule has 1 atom stereocenters. The smallest absolute Gasteiger partial charge is 0.233 e. The normalized spacial score (nSPS) is 21.9. The number of amides is 1. The highest BCUT2D eigenvalue weighted by Gasteiger charge is 2.35. The highest BCUT2D eigenvalue weighted by atomic mass is 16.2. The van der Waals surface area contributed by atoms with Gasteiger partial charge in [0.15, 0.2) is 0 Å². The van der Waals surface area contributed by atoms with Crippen LogP contribution in [-0.4, -0.2) is 55.2 Å². The van der Waals surface area contributed by atoms with Crippen molar-refractivity contribution in [2.24, 2.45) is 0 Å². The Morgan fingerprint density at radius 1 is 1.35 bits per heavy atom. The van der Waals surface area contributed by atoms with Gasteiger partial charge in [-0.25, -0.2) is 9.97 Å². The zero-order valence-electron chi connectivity index (χ0n) is 13.6. The summed E-state index contributed by atoms with van der Waals surface area (Å²) in [6.07, 6.45) is 10.4. The van der Waals surface area contributed by atoms with Crippen molar-refractivity contribution >= 4 is 11.7 Å². The molecule has 1 amide bonds. The molecular weight excluding hydrogens is 290 g/mol. The van der Waals surface area contributed by atoms with Gasteiger partial charge in [0.05, 0.1) is 11.9 Å². The SMILES string of the molecule is CC(=O)N(CC1CCCN1Cc1cnc2ncccn12)C1CC1. The molecule has 1 unspecified atom stereocenters. The van der Waals surface area contributed by atoms with E-state index in [0.29, 0.717) is 12.1 Å². The molecule has 0 bridgehead atoms.